The summed E-state index contributed by atoms with van der Waals surface area (Å²) in [5.74, 6) is 1.15. The second kappa shape index (κ2) is 4.90. The SMILES string of the molecule is N#Cc1ccccc1Oc1ccnc2c(N)cccc12. The average molecular weight is 261 g/mol. The number of hydrogen-bond donors (Lipinski definition) is 1. The summed E-state index contributed by atoms with van der Waals surface area (Å²) in [5, 5.41) is 9.91. The Balaban J connectivity index is 2.12. The number of aromatic nitrogens is 1. The van der Waals surface area contributed by atoms with Gasteiger partial charge in [-0.25, -0.2) is 0 Å². The molecule has 20 heavy (non-hydrogen) atoms. The van der Waals surface area contributed by atoms with Gasteiger partial charge in [0.1, 0.15) is 17.6 Å². The van der Waals surface area contributed by atoms with Gasteiger partial charge in [0.15, 0.2) is 0 Å². The maximum Gasteiger partial charge on any atom is 0.145 e. The van der Waals surface area contributed by atoms with Gasteiger partial charge in [0.05, 0.1) is 16.8 Å². The smallest absolute Gasteiger partial charge is 0.145 e. The zero-order valence-electron chi connectivity index (χ0n) is 10.6. The summed E-state index contributed by atoms with van der Waals surface area (Å²) in [6.45, 7) is 0. The molecule has 1 aromatic heterocycles. The van der Waals surface area contributed by atoms with Crippen LogP contribution in [0.5, 0.6) is 11.5 Å². The highest BCUT2D eigenvalue weighted by atomic mass is 16.5. The van der Waals surface area contributed by atoms with E-state index in [1.807, 2.05) is 18.2 Å². The topological polar surface area (TPSA) is 71.9 Å². The quantitative estimate of drug-likeness (QED) is 0.717. The van der Waals surface area contributed by atoms with Crippen molar-refractivity contribution in [3.63, 3.8) is 0 Å². The number of hydrogen-bond acceptors (Lipinski definition) is 4. The van der Waals surface area contributed by atoms with E-state index in [0.29, 0.717) is 28.3 Å². The van der Waals surface area contributed by atoms with Crippen molar-refractivity contribution >= 4 is 16.6 Å². The lowest BCUT2D eigenvalue weighted by Crippen LogP contribution is -1.93. The van der Waals surface area contributed by atoms with Crippen LogP contribution in [0.3, 0.4) is 0 Å². The van der Waals surface area contributed by atoms with Crippen LogP contribution in [0.25, 0.3) is 10.9 Å². The van der Waals surface area contributed by atoms with E-state index < -0.39 is 0 Å². The molecule has 0 saturated carbocycles. The summed E-state index contributed by atoms with van der Waals surface area (Å²) in [5.41, 5.74) is 7.68. The number of rotatable bonds is 2. The van der Waals surface area contributed by atoms with Crippen molar-refractivity contribution < 1.29 is 4.74 Å². The van der Waals surface area contributed by atoms with Gasteiger partial charge in [-0.3, -0.25) is 4.98 Å². The maximum absolute atomic E-state index is 9.09. The standard InChI is InChI=1S/C16H11N3O/c17-10-11-4-1-2-7-14(11)20-15-8-9-19-16-12(15)5-3-6-13(16)18/h1-9H,18H2. The first kappa shape index (κ1) is 12.0. The van der Waals surface area contributed by atoms with Crippen molar-refractivity contribution in [3.05, 3.63) is 60.3 Å². The molecule has 0 aliphatic carbocycles. The average Bonchev–Trinajstić information content (AvgIpc) is 2.49. The van der Waals surface area contributed by atoms with Gasteiger partial charge in [-0.2, -0.15) is 5.26 Å². The summed E-state index contributed by atoms with van der Waals surface area (Å²) < 4.78 is 5.85. The Hall–Kier alpha value is -3.06. The minimum absolute atomic E-state index is 0.487. The van der Waals surface area contributed by atoms with Gasteiger partial charge in [-0.05, 0) is 30.3 Å². The van der Waals surface area contributed by atoms with Crippen LogP contribution in [-0.2, 0) is 0 Å². The Morgan fingerprint density at radius 1 is 1.00 bits per heavy atom. The molecule has 0 unspecified atom stereocenters. The molecule has 0 spiro atoms. The number of fused-ring (bicyclic) bond motifs is 1. The number of nitrogens with two attached hydrogens (primary N) is 1. The number of para-hydroxylation sites is 2. The van der Waals surface area contributed by atoms with E-state index >= 15 is 0 Å². The first-order valence-electron chi connectivity index (χ1n) is 6.10. The van der Waals surface area contributed by atoms with Gasteiger partial charge in [0.2, 0.25) is 0 Å². The molecule has 2 N–H and O–H groups in total. The van der Waals surface area contributed by atoms with Crippen molar-refractivity contribution in [2.45, 2.75) is 0 Å². The van der Waals surface area contributed by atoms with E-state index in [-0.39, 0.29) is 0 Å². The molecule has 0 fully saturated rings. The molecular weight excluding hydrogens is 250 g/mol. The van der Waals surface area contributed by atoms with E-state index in [4.69, 9.17) is 15.7 Å². The van der Waals surface area contributed by atoms with Crippen LogP contribution in [0.2, 0.25) is 0 Å². The fourth-order valence-corrected chi connectivity index (χ4v) is 2.03. The van der Waals surface area contributed by atoms with Crippen LogP contribution in [0.15, 0.2) is 54.7 Å². The Morgan fingerprint density at radius 2 is 1.85 bits per heavy atom. The van der Waals surface area contributed by atoms with Crippen molar-refractivity contribution in [2.75, 3.05) is 5.73 Å². The molecule has 0 atom stereocenters. The monoisotopic (exact) mass is 261 g/mol. The molecule has 0 saturated heterocycles. The number of benzene rings is 2. The predicted molar refractivity (Wildman–Crippen MR) is 77.4 cm³/mol. The molecule has 3 aromatic rings. The van der Waals surface area contributed by atoms with E-state index in [1.165, 1.54) is 0 Å². The minimum Gasteiger partial charge on any atom is -0.455 e. The van der Waals surface area contributed by atoms with Gasteiger partial charge in [-0.15, -0.1) is 0 Å². The van der Waals surface area contributed by atoms with E-state index in [2.05, 4.69) is 11.1 Å². The van der Waals surface area contributed by atoms with E-state index in [0.717, 1.165) is 5.39 Å². The molecular formula is C16H11N3O. The Kier molecular flexibility index (Phi) is 2.94. The fraction of sp³-hybridized carbons (Fsp3) is 0. The predicted octanol–water partition coefficient (Wildman–Crippen LogP) is 3.48. The second-order valence-corrected chi connectivity index (χ2v) is 4.26. The highest BCUT2D eigenvalue weighted by Crippen LogP contribution is 2.32. The first-order chi connectivity index (χ1) is 9.79. The molecule has 2 aromatic carbocycles. The van der Waals surface area contributed by atoms with Crippen molar-refractivity contribution in [1.29, 1.82) is 5.26 Å². The van der Waals surface area contributed by atoms with Crippen LogP contribution in [0.1, 0.15) is 5.56 Å². The highest BCUT2D eigenvalue weighted by molar-refractivity contribution is 5.93. The van der Waals surface area contributed by atoms with Crippen molar-refractivity contribution in [1.82, 2.24) is 4.98 Å². The largest absolute Gasteiger partial charge is 0.455 e. The lowest BCUT2D eigenvalue weighted by molar-refractivity contribution is 0.486. The second-order valence-electron chi connectivity index (χ2n) is 4.26. The summed E-state index contributed by atoms with van der Waals surface area (Å²) in [6.07, 6.45) is 1.64. The van der Waals surface area contributed by atoms with Gasteiger partial charge >= 0.3 is 0 Å². The van der Waals surface area contributed by atoms with Crippen LogP contribution in [0, 0.1) is 11.3 Å². The number of nitriles is 1. The zero-order valence-corrected chi connectivity index (χ0v) is 10.6. The van der Waals surface area contributed by atoms with Gasteiger partial charge in [0.25, 0.3) is 0 Å². The third kappa shape index (κ3) is 2.02. The van der Waals surface area contributed by atoms with Crippen molar-refractivity contribution in [3.8, 4) is 17.6 Å². The lowest BCUT2D eigenvalue weighted by atomic mass is 10.1. The van der Waals surface area contributed by atoms with Crippen LogP contribution >= 0.6 is 0 Å². The molecule has 3 rings (SSSR count). The summed E-state index contributed by atoms with van der Waals surface area (Å²) in [7, 11) is 0. The van der Waals surface area contributed by atoms with Gasteiger partial charge < -0.3 is 10.5 Å². The summed E-state index contributed by atoms with van der Waals surface area (Å²) in [4.78, 5) is 4.26. The van der Waals surface area contributed by atoms with Crippen LogP contribution in [0.4, 0.5) is 5.69 Å². The Bertz CT molecular complexity index is 821. The third-order valence-corrected chi connectivity index (χ3v) is 2.99. The Morgan fingerprint density at radius 3 is 2.70 bits per heavy atom. The highest BCUT2D eigenvalue weighted by Gasteiger charge is 2.08. The lowest BCUT2D eigenvalue weighted by Gasteiger charge is -2.10. The summed E-state index contributed by atoms with van der Waals surface area (Å²) in [6, 6.07) is 16.5. The molecule has 0 amide bonds. The fourth-order valence-electron chi connectivity index (χ4n) is 2.03. The van der Waals surface area contributed by atoms with Crippen molar-refractivity contribution in [2.24, 2.45) is 0 Å². The molecule has 4 heteroatoms. The molecule has 0 bridgehead atoms. The molecule has 0 aliphatic heterocycles. The number of nitrogens with zero attached hydrogens (tertiary/aromatic N) is 2. The van der Waals surface area contributed by atoms with Crippen LogP contribution < -0.4 is 10.5 Å². The van der Waals surface area contributed by atoms with E-state index in [1.54, 1.807) is 36.5 Å². The minimum atomic E-state index is 0.487. The molecule has 4 nitrogen and oxygen atoms in total. The van der Waals surface area contributed by atoms with Gasteiger partial charge in [0, 0.05) is 11.6 Å². The molecule has 0 radical (unpaired) electrons. The first-order valence-corrected chi connectivity index (χ1v) is 6.10. The number of anilines is 1. The Labute approximate surface area is 116 Å². The molecule has 96 valence electrons. The number of ether oxygens (including phenoxy) is 1. The summed E-state index contributed by atoms with van der Waals surface area (Å²) >= 11 is 0. The van der Waals surface area contributed by atoms with Gasteiger partial charge in [-0.1, -0.05) is 18.2 Å². The normalized spacial score (nSPS) is 10.2. The number of pyridine rings is 1. The zero-order chi connectivity index (χ0) is 13.9. The third-order valence-electron chi connectivity index (χ3n) is 2.99. The molecule has 1 heterocycles. The van der Waals surface area contributed by atoms with Crippen LogP contribution in [-0.4, -0.2) is 4.98 Å². The maximum atomic E-state index is 9.09. The number of nitrogen functional groups attached to an aromatic ring is 1. The molecule has 0 aliphatic rings. The van der Waals surface area contributed by atoms with E-state index in [9.17, 15) is 0 Å².